The minimum Gasteiger partial charge on any atom is -0.318 e. The van der Waals surface area contributed by atoms with Crippen molar-refractivity contribution in [1.29, 1.82) is 0 Å². The lowest BCUT2D eigenvalue weighted by Crippen LogP contribution is -2.36. The second-order valence-electron chi connectivity index (χ2n) is 8.42. The Morgan fingerprint density at radius 2 is 1.67 bits per heavy atom. The van der Waals surface area contributed by atoms with Gasteiger partial charge in [0.2, 0.25) is 0 Å². The van der Waals surface area contributed by atoms with E-state index in [-0.39, 0.29) is 28.0 Å². The summed E-state index contributed by atoms with van der Waals surface area (Å²) in [5, 5.41) is 10.1. The van der Waals surface area contributed by atoms with Gasteiger partial charge in [0.25, 0.3) is 5.91 Å². The van der Waals surface area contributed by atoms with Gasteiger partial charge in [-0.2, -0.15) is 32.1 Å². The number of halogens is 7. The Balaban J connectivity index is 1.48. The molecule has 14 heteroatoms. The molecule has 0 unspecified atom stereocenters. The molecule has 0 radical (unpaired) electrons. The van der Waals surface area contributed by atoms with Crippen LogP contribution in [0.3, 0.4) is 0 Å². The Labute approximate surface area is 214 Å². The van der Waals surface area contributed by atoms with Crippen molar-refractivity contribution in [3.8, 4) is 11.3 Å². The van der Waals surface area contributed by atoms with E-state index in [0.717, 1.165) is 30.3 Å². The fourth-order valence-corrected chi connectivity index (χ4v) is 3.75. The van der Waals surface area contributed by atoms with E-state index in [0.29, 0.717) is 11.6 Å². The summed E-state index contributed by atoms with van der Waals surface area (Å²) in [5.41, 5.74) is -2.05. The minimum atomic E-state index is -5.98. The zero-order valence-electron chi connectivity index (χ0n) is 19.4. The smallest absolute Gasteiger partial charge is 0.318 e. The SMILES string of the molecule is O=C(Nc1cnn(Cc2cccc(F)c2)c1)c1cc2nc(-c3ccc(F)cc3)cc(C(F)(F)C(F)(F)F)n2n1. The molecule has 3 heterocycles. The van der Waals surface area contributed by atoms with E-state index in [1.807, 2.05) is 0 Å². The molecule has 0 atom stereocenters. The van der Waals surface area contributed by atoms with Gasteiger partial charge in [-0.15, -0.1) is 0 Å². The Bertz CT molecular complexity index is 1670. The van der Waals surface area contributed by atoms with Gasteiger partial charge >= 0.3 is 12.1 Å². The molecule has 39 heavy (non-hydrogen) atoms. The van der Waals surface area contributed by atoms with Gasteiger partial charge in [0.15, 0.2) is 11.3 Å². The third-order valence-electron chi connectivity index (χ3n) is 5.60. The number of alkyl halides is 5. The fourth-order valence-electron chi connectivity index (χ4n) is 3.75. The van der Waals surface area contributed by atoms with Crippen molar-refractivity contribution in [2.75, 3.05) is 5.32 Å². The molecule has 2 aromatic carbocycles. The molecule has 0 spiro atoms. The van der Waals surface area contributed by atoms with Crippen molar-refractivity contribution in [2.45, 2.75) is 18.6 Å². The lowest BCUT2D eigenvalue weighted by atomic mass is 10.1. The number of nitrogens with zero attached hydrogens (tertiary/aromatic N) is 5. The third kappa shape index (κ3) is 5.17. The molecule has 5 aromatic rings. The van der Waals surface area contributed by atoms with Gasteiger partial charge in [0.05, 0.1) is 24.1 Å². The predicted molar refractivity (Wildman–Crippen MR) is 124 cm³/mol. The number of amides is 1. The normalized spacial score (nSPS) is 12.2. The number of rotatable bonds is 6. The number of fused-ring (bicyclic) bond motifs is 1. The summed E-state index contributed by atoms with van der Waals surface area (Å²) in [7, 11) is 0. The maximum absolute atomic E-state index is 14.5. The van der Waals surface area contributed by atoms with Crippen molar-refractivity contribution in [3.63, 3.8) is 0 Å². The molecule has 5 rings (SSSR count). The summed E-state index contributed by atoms with van der Waals surface area (Å²) in [6.45, 7) is 0.175. The zero-order valence-corrected chi connectivity index (χ0v) is 19.4. The summed E-state index contributed by atoms with van der Waals surface area (Å²) in [6.07, 6.45) is -3.31. The van der Waals surface area contributed by atoms with E-state index in [9.17, 15) is 35.5 Å². The minimum absolute atomic E-state index is 0.0658. The van der Waals surface area contributed by atoms with Crippen LogP contribution in [-0.2, 0) is 12.5 Å². The predicted octanol–water partition coefficient (Wildman–Crippen LogP) is 5.83. The Hall–Kier alpha value is -4.75. The molecule has 0 fully saturated rings. The second-order valence-corrected chi connectivity index (χ2v) is 8.42. The molecule has 0 bridgehead atoms. The first-order chi connectivity index (χ1) is 18.4. The average molecular weight is 548 g/mol. The molecular weight excluding hydrogens is 533 g/mol. The van der Waals surface area contributed by atoms with Gasteiger partial charge in [-0.3, -0.25) is 9.48 Å². The second kappa shape index (κ2) is 9.53. The molecular formula is C25H15F7N6O. The van der Waals surface area contributed by atoms with Crippen molar-refractivity contribution in [1.82, 2.24) is 24.4 Å². The molecule has 0 aliphatic heterocycles. The number of carbonyl (C=O) groups excluding carboxylic acids is 1. The van der Waals surface area contributed by atoms with Crippen LogP contribution >= 0.6 is 0 Å². The molecule has 0 saturated heterocycles. The molecule has 0 saturated carbocycles. The Morgan fingerprint density at radius 1 is 0.923 bits per heavy atom. The van der Waals surface area contributed by atoms with Gasteiger partial charge in [0, 0.05) is 17.8 Å². The van der Waals surface area contributed by atoms with Gasteiger partial charge < -0.3 is 5.32 Å². The number of hydrogen-bond donors (Lipinski definition) is 1. The average Bonchev–Trinajstić information content (AvgIpc) is 3.50. The highest BCUT2D eigenvalue weighted by atomic mass is 19.4. The quantitative estimate of drug-likeness (QED) is 0.271. The van der Waals surface area contributed by atoms with E-state index in [1.54, 1.807) is 6.07 Å². The number of hydrogen-bond acceptors (Lipinski definition) is 4. The fraction of sp³-hybridized carbons (Fsp3) is 0.120. The van der Waals surface area contributed by atoms with Crippen LogP contribution in [0.25, 0.3) is 16.9 Å². The highest BCUT2D eigenvalue weighted by Crippen LogP contribution is 2.44. The Morgan fingerprint density at radius 3 is 2.36 bits per heavy atom. The lowest BCUT2D eigenvalue weighted by Gasteiger charge is -2.21. The summed E-state index contributed by atoms with van der Waals surface area (Å²) < 4.78 is 97.3. The molecule has 200 valence electrons. The highest BCUT2D eigenvalue weighted by molar-refractivity contribution is 6.03. The number of nitrogens with one attached hydrogen (secondary N) is 1. The van der Waals surface area contributed by atoms with Crippen LogP contribution in [-0.4, -0.2) is 36.5 Å². The molecule has 0 aliphatic rings. The molecule has 1 amide bonds. The van der Waals surface area contributed by atoms with Crippen LogP contribution in [0.15, 0.2) is 73.1 Å². The maximum Gasteiger partial charge on any atom is 0.459 e. The van der Waals surface area contributed by atoms with E-state index in [2.05, 4.69) is 20.5 Å². The van der Waals surface area contributed by atoms with Crippen LogP contribution in [0, 0.1) is 11.6 Å². The van der Waals surface area contributed by atoms with Gasteiger partial charge in [0.1, 0.15) is 17.3 Å². The van der Waals surface area contributed by atoms with Crippen molar-refractivity contribution in [2.24, 2.45) is 0 Å². The summed E-state index contributed by atoms with van der Waals surface area (Å²) in [5.74, 6) is -7.38. The first-order valence-electron chi connectivity index (χ1n) is 11.1. The third-order valence-corrected chi connectivity index (χ3v) is 5.60. The molecule has 0 aliphatic carbocycles. The van der Waals surface area contributed by atoms with Gasteiger partial charge in [-0.05, 0) is 48.0 Å². The van der Waals surface area contributed by atoms with Crippen molar-refractivity contribution >= 4 is 17.2 Å². The summed E-state index contributed by atoms with van der Waals surface area (Å²) in [6, 6.07) is 11.5. The monoisotopic (exact) mass is 548 g/mol. The lowest BCUT2D eigenvalue weighted by molar-refractivity contribution is -0.291. The van der Waals surface area contributed by atoms with Crippen molar-refractivity contribution < 1.29 is 35.5 Å². The van der Waals surface area contributed by atoms with E-state index in [1.165, 1.54) is 35.3 Å². The highest BCUT2D eigenvalue weighted by Gasteiger charge is 2.60. The van der Waals surface area contributed by atoms with Crippen LogP contribution in [0.4, 0.5) is 36.4 Å². The zero-order chi connectivity index (χ0) is 27.9. The number of anilines is 1. The number of benzene rings is 2. The topological polar surface area (TPSA) is 77.1 Å². The largest absolute Gasteiger partial charge is 0.459 e. The maximum atomic E-state index is 14.5. The van der Waals surface area contributed by atoms with E-state index in [4.69, 9.17) is 0 Å². The molecule has 3 aromatic heterocycles. The number of carbonyl (C=O) groups is 1. The van der Waals surface area contributed by atoms with Crippen LogP contribution in [0.2, 0.25) is 0 Å². The first kappa shape index (κ1) is 25.9. The van der Waals surface area contributed by atoms with Crippen LogP contribution in [0.1, 0.15) is 21.7 Å². The van der Waals surface area contributed by atoms with E-state index < -0.39 is 46.7 Å². The van der Waals surface area contributed by atoms with Crippen LogP contribution in [0.5, 0.6) is 0 Å². The molecule has 1 N–H and O–H groups in total. The Kier molecular flexibility index (Phi) is 6.32. The summed E-state index contributed by atoms with van der Waals surface area (Å²) >= 11 is 0. The summed E-state index contributed by atoms with van der Waals surface area (Å²) in [4.78, 5) is 16.8. The van der Waals surface area contributed by atoms with Gasteiger partial charge in [-0.1, -0.05) is 12.1 Å². The van der Waals surface area contributed by atoms with E-state index >= 15 is 0 Å². The standard InChI is InChI=1S/C25H15F7N6O/c26-16-6-4-15(5-7-16)19-9-21(24(28,29)25(30,31)32)38-22(35-19)10-20(36-38)23(39)34-18-11-33-37(13-18)12-14-2-1-3-17(27)8-14/h1-11,13H,12H2,(H,34,39). The van der Waals surface area contributed by atoms with Crippen LogP contribution < -0.4 is 5.32 Å². The van der Waals surface area contributed by atoms with Crippen molar-refractivity contribution in [3.05, 3.63) is 102 Å². The molecule has 7 nitrogen and oxygen atoms in total. The number of aromatic nitrogens is 5. The van der Waals surface area contributed by atoms with Gasteiger partial charge in [-0.25, -0.2) is 18.3 Å². The first-order valence-corrected chi connectivity index (χ1v) is 11.1.